The van der Waals surface area contributed by atoms with Crippen molar-refractivity contribution in [1.29, 1.82) is 0 Å². The lowest BCUT2D eigenvalue weighted by Crippen LogP contribution is -2.47. The van der Waals surface area contributed by atoms with E-state index in [9.17, 15) is 4.79 Å². The van der Waals surface area contributed by atoms with Crippen molar-refractivity contribution in [1.82, 2.24) is 20.1 Å². The molecule has 0 N–H and O–H groups in total. The Morgan fingerprint density at radius 2 is 2.00 bits per heavy atom. The Hall–Kier alpha value is -2.15. The molecule has 0 unspecified atom stereocenters. The van der Waals surface area contributed by atoms with E-state index < -0.39 is 0 Å². The zero-order chi connectivity index (χ0) is 19.1. The van der Waals surface area contributed by atoms with Crippen molar-refractivity contribution in [2.75, 3.05) is 19.6 Å². The van der Waals surface area contributed by atoms with Gasteiger partial charge in [0.05, 0.1) is 5.69 Å². The third-order valence-electron chi connectivity index (χ3n) is 5.93. The van der Waals surface area contributed by atoms with Crippen LogP contribution in [-0.4, -0.2) is 51.7 Å². The van der Waals surface area contributed by atoms with E-state index in [1.54, 1.807) is 6.07 Å². The Balaban J connectivity index is 1.50. The van der Waals surface area contributed by atoms with E-state index >= 15 is 0 Å². The molecule has 3 aliphatic rings. The zero-order valence-corrected chi connectivity index (χ0v) is 16.6. The summed E-state index contributed by atoms with van der Waals surface area (Å²) < 4.78 is 10.7. The normalized spacial score (nSPS) is 23.2. The fraction of sp³-hybridized carbons (Fsp3) is 0.650. The maximum atomic E-state index is 13.1. The van der Waals surface area contributed by atoms with Crippen LogP contribution >= 0.6 is 0 Å². The Labute approximate surface area is 159 Å². The monoisotopic (exact) mass is 372 g/mol. The first-order chi connectivity index (χ1) is 12.9. The van der Waals surface area contributed by atoms with Gasteiger partial charge < -0.3 is 13.9 Å². The summed E-state index contributed by atoms with van der Waals surface area (Å²) >= 11 is 0. The minimum Gasteiger partial charge on any atom is -0.361 e. The van der Waals surface area contributed by atoms with E-state index in [1.165, 1.54) is 12.0 Å². The molecule has 1 amide bonds. The first kappa shape index (κ1) is 18.2. The molecule has 0 aromatic carbocycles. The smallest absolute Gasteiger partial charge is 0.276 e. The van der Waals surface area contributed by atoms with Gasteiger partial charge in [0.15, 0.2) is 5.69 Å². The van der Waals surface area contributed by atoms with Crippen LogP contribution in [0.5, 0.6) is 0 Å². The summed E-state index contributed by atoms with van der Waals surface area (Å²) in [7, 11) is 0. The van der Waals surface area contributed by atoms with Gasteiger partial charge in [-0.15, -0.1) is 0 Å². The molecule has 5 heterocycles. The highest BCUT2D eigenvalue weighted by Crippen LogP contribution is 2.31. The highest BCUT2D eigenvalue weighted by Gasteiger charge is 2.38. The van der Waals surface area contributed by atoms with Gasteiger partial charge in [-0.3, -0.25) is 9.69 Å². The molecule has 5 rings (SSSR count). The highest BCUT2D eigenvalue weighted by atomic mass is 16.5. The van der Waals surface area contributed by atoms with Crippen LogP contribution in [0.25, 0.3) is 0 Å². The molecule has 2 atom stereocenters. The molecule has 2 aromatic heterocycles. The van der Waals surface area contributed by atoms with Gasteiger partial charge in [-0.25, -0.2) is 0 Å². The summed E-state index contributed by atoms with van der Waals surface area (Å²) in [6.45, 7) is 11.5. The largest absolute Gasteiger partial charge is 0.361 e. The third-order valence-corrected chi connectivity index (χ3v) is 5.93. The minimum absolute atomic E-state index is 0.000427. The van der Waals surface area contributed by atoms with Gasteiger partial charge in [0.25, 0.3) is 5.91 Å². The van der Waals surface area contributed by atoms with Crippen LogP contribution in [0.3, 0.4) is 0 Å². The molecule has 0 aliphatic carbocycles. The van der Waals surface area contributed by atoms with Gasteiger partial charge in [0.1, 0.15) is 11.5 Å². The van der Waals surface area contributed by atoms with E-state index in [0.29, 0.717) is 11.6 Å². The summed E-state index contributed by atoms with van der Waals surface area (Å²) in [5.74, 6) is 2.37. The number of aromatic nitrogens is 2. The van der Waals surface area contributed by atoms with E-state index in [4.69, 9.17) is 9.05 Å². The summed E-state index contributed by atoms with van der Waals surface area (Å²) in [5.41, 5.74) is 2.57. The van der Waals surface area contributed by atoms with Crippen molar-refractivity contribution in [3.8, 4) is 0 Å². The molecular formula is C20H28N4O3. The Morgan fingerprint density at radius 1 is 1.19 bits per heavy atom. The van der Waals surface area contributed by atoms with Gasteiger partial charge in [0.2, 0.25) is 0 Å². The number of hydrogen-bond donors (Lipinski definition) is 0. The van der Waals surface area contributed by atoms with E-state index in [-0.39, 0.29) is 17.9 Å². The average Bonchev–Trinajstić information content (AvgIpc) is 3.14. The maximum absolute atomic E-state index is 13.1. The Bertz CT molecular complexity index is 806. The average molecular weight is 372 g/mol. The van der Waals surface area contributed by atoms with Gasteiger partial charge in [-0.1, -0.05) is 24.2 Å². The van der Waals surface area contributed by atoms with E-state index in [0.717, 1.165) is 49.8 Å². The molecule has 3 saturated heterocycles. The zero-order valence-electron chi connectivity index (χ0n) is 16.6. The predicted octanol–water partition coefficient (Wildman–Crippen LogP) is 3.14. The standard InChI is InChI=1S/C20H28N4O3/c1-12(2)19-7-18(22-27-19)20(25)24-9-15-5-6-16(24)10-23(8-15)11-17-13(3)21-26-14(17)4/h7,12,15-16H,5-6,8-11H2,1-4H3/t15-,16+/m0/s1. The third kappa shape index (κ3) is 3.52. The lowest BCUT2D eigenvalue weighted by atomic mass is 9.94. The van der Waals surface area contributed by atoms with Gasteiger partial charge in [-0.05, 0) is 32.6 Å². The number of rotatable bonds is 4. The molecule has 2 aromatic rings. The SMILES string of the molecule is Cc1noc(C)c1CN1C[C@@H]2CC[C@H](C1)N(C(=O)c1cc(C(C)C)on1)C2. The van der Waals surface area contributed by atoms with Crippen molar-refractivity contribution in [2.24, 2.45) is 5.92 Å². The van der Waals surface area contributed by atoms with Crippen molar-refractivity contribution in [3.05, 3.63) is 34.5 Å². The molecule has 3 fully saturated rings. The van der Waals surface area contributed by atoms with Crippen molar-refractivity contribution < 1.29 is 13.8 Å². The van der Waals surface area contributed by atoms with Crippen molar-refractivity contribution in [2.45, 2.75) is 59.0 Å². The van der Waals surface area contributed by atoms with Crippen LogP contribution in [0.1, 0.15) is 65.9 Å². The molecule has 2 bridgehead atoms. The van der Waals surface area contributed by atoms with Crippen molar-refractivity contribution >= 4 is 5.91 Å². The first-order valence-corrected chi connectivity index (χ1v) is 9.84. The highest BCUT2D eigenvalue weighted by molar-refractivity contribution is 5.92. The van der Waals surface area contributed by atoms with Gasteiger partial charge in [0, 0.05) is 49.8 Å². The fourth-order valence-corrected chi connectivity index (χ4v) is 4.32. The number of carbonyl (C=O) groups is 1. The number of hydrogen-bond acceptors (Lipinski definition) is 6. The summed E-state index contributed by atoms with van der Waals surface area (Å²) in [6.07, 6.45) is 2.21. The van der Waals surface area contributed by atoms with Gasteiger partial charge in [-0.2, -0.15) is 0 Å². The summed E-state index contributed by atoms with van der Waals surface area (Å²) in [5, 5.41) is 8.10. The van der Waals surface area contributed by atoms with Crippen LogP contribution in [-0.2, 0) is 6.54 Å². The van der Waals surface area contributed by atoms with E-state index in [2.05, 4.69) is 15.2 Å². The number of carbonyl (C=O) groups excluding carboxylic acids is 1. The second-order valence-electron chi connectivity index (χ2n) is 8.32. The van der Waals surface area contributed by atoms with E-state index in [1.807, 2.05) is 32.6 Å². The predicted molar refractivity (Wildman–Crippen MR) is 99.4 cm³/mol. The quantitative estimate of drug-likeness (QED) is 0.821. The Kier molecular flexibility index (Phi) is 4.80. The fourth-order valence-electron chi connectivity index (χ4n) is 4.32. The van der Waals surface area contributed by atoms with Crippen molar-refractivity contribution in [3.63, 3.8) is 0 Å². The molecule has 7 heteroatoms. The molecule has 3 aliphatic heterocycles. The first-order valence-electron chi connectivity index (χ1n) is 9.84. The molecular weight excluding hydrogens is 344 g/mol. The summed E-state index contributed by atoms with van der Waals surface area (Å²) in [6, 6.07) is 2.02. The lowest BCUT2D eigenvalue weighted by Gasteiger charge is -2.35. The number of piperidine rings is 1. The molecule has 7 nitrogen and oxygen atoms in total. The number of amides is 1. The molecule has 27 heavy (non-hydrogen) atoms. The molecule has 146 valence electrons. The maximum Gasteiger partial charge on any atom is 0.276 e. The van der Waals surface area contributed by atoms with Crippen LogP contribution in [0.2, 0.25) is 0 Å². The second-order valence-corrected chi connectivity index (χ2v) is 8.32. The minimum atomic E-state index is -0.000427. The second kappa shape index (κ2) is 7.11. The number of nitrogens with zero attached hydrogens (tertiary/aromatic N) is 4. The summed E-state index contributed by atoms with van der Waals surface area (Å²) in [4.78, 5) is 17.5. The topological polar surface area (TPSA) is 75.6 Å². The molecule has 0 radical (unpaired) electrons. The van der Waals surface area contributed by atoms with Crippen LogP contribution < -0.4 is 0 Å². The molecule has 0 spiro atoms. The van der Waals surface area contributed by atoms with Crippen LogP contribution in [0.15, 0.2) is 15.1 Å². The number of aryl methyl sites for hydroxylation is 2. The lowest BCUT2D eigenvalue weighted by molar-refractivity contribution is 0.0574. The van der Waals surface area contributed by atoms with Crippen LogP contribution in [0.4, 0.5) is 0 Å². The number of fused-ring (bicyclic) bond motifs is 4. The molecule has 0 saturated carbocycles. The van der Waals surface area contributed by atoms with Gasteiger partial charge >= 0.3 is 0 Å². The Morgan fingerprint density at radius 3 is 2.67 bits per heavy atom. The van der Waals surface area contributed by atoms with Crippen LogP contribution in [0, 0.1) is 19.8 Å².